The molecule has 0 fully saturated rings. The Morgan fingerprint density at radius 1 is 1.33 bits per heavy atom. The van der Waals surface area contributed by atoms with Crippen molar-refractivity contribution in [2.75, 3.05) is 11.4 Å². The summed E-state index contributed by atoms with van der Waals surface area (Å²) in [6.07, 6.45) is -1.14. The van der Waals surface area contributed by atoms with Crippen LogP contribution in [0.15, 0.2) is 29.9 Å². The molecule has 0 unspecified atom stereocenters. The molecule has 21 heavy (non-hydrogen) atoms. The predicted octanol–water partition coefficient (Wildman–Crippen LogP) is 3.99. The van der Waals surface area contributed by atoms with E-state index in [-0.39, 0.29) is 5.75 Å². The molecule has 1 aliphatic rings. The molecule has 3 rings (SSSR count). The quantitative estimate of drug-likeness (QED) is 0.856. The Morgan fingerprint density at radius 2 is 2.19 bits per heavy atom. The van der Waals surface area contributed by atoms with Crippen molar-refractivity contribution in [3.63, 3.8) is 0 Å². The Labute approximate surface area is 124 Å². The van der Waals surface area contributed by atoms with Gasteiger partial charge in [0.1, 0.15) is 5.75 Å². The molecule has 7 heteroatoms. The second kappa shape index (κ2) is 5.55. The molecule has 0 bridgehead atoms. The van der Waals surface area contributed by atoms with E-state index in [2.05, 4.69) is 14.6 Å². The molecule has 0 atom stereocenters. The van der Waals surface area contributed by atoms with E-state index < -0.39 is 6.36 Å². The molecule has 0 spiro atoms. The van der Waals surface area contributed by atoms with E-state index >= 15 is 0 Å². The van der Waals surface area contributed by atoms with E-state index in [4.69, 9.17) is 0 Å². The third kappa shape index (κ3) is 3.47. The van der Waals surface area contributed by atoms with Crippen molar-refractivity contribution in [2.45, 2.75) is 25.7 Å². The number of alkyl halides is 3. The first-order valence-corrected chi connectivity index (χ1v) is 7.40. The number of hydrogen-bond donors (Lipinski definition) is 0. The van der Waals surface area contributed by atoms with Crippen LogP contribution in [-0.2, 0) is 13.0 Å². The fourth-order valence-corrected chi connectivity index (χ4v) is 3.13. The molecule has 0 saturated carbocycles. The molecule has 0 N–H and O–H groups in total. The fraction of sp³-hybridized carbons (Fsp3) is 0.357. The number of aromatic nitrogens is 1. The minimum Gasteiger partial charge on any atom is -0.406 e. The van der Waals surface area contributed by atoms with E-state index in [1.807, 2.05) is 6.20 Å². The highest BCUT2D eigenvalue weighted by atomic mass is 32.1. The number of rotatable bonds is 3. The molecule has 0 saturated heterocycles. The van der Waals surface area contributed by atoms with Gasteiger partial charge in [-0.2, -0.15) is 0 Å². The largest absolute Gasteiger partial charge is 0.573 e. The Bertz CT molecular complexity index is 613. The average molecular weight is 314 g/mol. The SMILES string of the molecule is FC(F)(F)Oc1ccc2c(c1)CCCN2Cc1cncs1. The van der Waals surface area contributed by atoms with Gasteiger partial charge >= 0.3 is 6.36 Å². The Balaban J connectivity index is 1.82. The third-order valence-electron chi connectivity index (χ3n) is 3.33. The van der Waals surface area contributed by atoms with Crippen LogP contribution in [0.3, 0.4) is 0 Å². The second-order valence-electron chi connectivity index (χ2n) is 4.83. The number of ether oxygens (including phenoxy) is 1. The first-order valence-electron chi connectivity index (χ1n) is 6.52. The Morgan fingerprint density at radius 3 is 2.90 bits per heavy atom. The molecule has 0 aliphatic carbocycles. The third-order valence-corrected chi connectivity index (χ3v) is 4.09. The number of anilines is 1. The van der Waals surface area contributed by atoms with Crippen LogP contribution in [0.5, 0.6) is 5.75 Å². The van der Waals surface area contributed by atoms with Gasteiger partial charge in [0.15, 0.2) is 0 Å². The molecular formula is C14H13F3N2OS. The highest BCUT2D eigenvalue weighted by Crippen LogP contribution is 2.33. The van der Waals surface area contributed by atoms with Crippen molar-refractivity contribution < 1.29 is 17.9 Å². The van der Waals surface area contributed by atoms with Gasteiger partial charge in [0, 0.05) is 23.3 Å². The lowest BCUT2D eigenvalue weighted by Gasteiger charge is -2.31. The molecule has 0 radical (unpaired) electrons. The summed E-state index contributed by atoms with van der Waals surface area (Å²) < 4.78 is 40.8. The van der Waals surface area contributed by atoms with E-state index in [1.165, 1.54) is 12.1 Å². The normalized spacial score (nSPS) is 14.9. The topological polar surface area (TPSA) is 25.4 Å². The van der Waals surface area contributed by atoms with E-state index in [9.17, 15) is 13.2 Å². The summed E-state index contributed by atoms with van der Waals surface area (Å²) in [5.74, 6) is -0.152. The zero-order chi connectivity index (χ0) is 14.9. The van der Waals surface area contributed by atoms with Gasteiger partial charge in [-0.3, -0.25) is 4.98 Å². The smallest absolute Gasteiger partial charge is 0.406 e. The van der Waals surface area contributed by atoms with Crippen molar-refractivity contribution in [2.24, 2.45) is 0 Å². The van der Waals surface area contributed by atoms with Gasteiger partial charge in [0.2, 0.25) is 0 Å². The second-order valence-corrected chi connectivity index (χ2v) is 5.80. The van der Waals surface area contributed by atoms with Gasteiger partial charge in [-0.25, -0.2) is 0 Å². The van der Waals surface area contributed by atoms with Crippen molar-refractivity contribution in [3.8, 4) is 5.75 Å². The van der Waals surface area contributed by atoms with Crippen molar-refractivity contribution in [1.29, 1.82) is 0 Å². The summed E-state index contributed by atoms with van der Waals surface area (Å²) in [5.41, 5.74) is 3.65. The minimum atomic E-state index is -4.65. The summed E-state index contributed by atoms with van der Waals surface area (Å²) in [6.45, 7) is 1.63. The minimum absolute atomic E-state index is 0.152. The summed E-state index contributed by atoms with van der Waals surface area (Å²) >= 11 is 1.58. The maximum absolute atomic E-state index is 12.3. The number of thiazole rings is 1. The lowest BCUT2D eigenvalue weighted by Crippen LogP contribution is -2.28. The standard InChI is InChI=1S/C14H13F3N2OS/c15-14(16,17)20-11-3-4-13-10(6-11)2-1-5-19(13)8-12-7-18-9-21-12/h3-4,6-7,9H,1-2,5,8H2. The molecule has 1 aliphatic heterocycles. The fourth-order valence-electron chi connectivity index (χ4n) is 2.52. The van der Waals surface area contributed by atoms with Crippen LogP contribution < -0.4 is 9.64 Å². The Kier molecular flexibility index (Phi) is 3.75. The zero-order valence-electron chi connectivity index (χ0n) is 11.1. The van der Waals surface area contributed by atoms with Gasteiger partial charge in [-0.15, -0.1) is 24.5 Å². The molecule has 0 amide bonds. The molecular weight excluding hydrogens is 301 g/mol. The van der Waals surface area contributed by atoms with Gasteiger partial charge in [-0.05, 0) is 36.6 Å². The highest BCUT2D eigenvalue weighted by Gasteiger charge is 2.31. The molecule has 2 aromatic rings. The number of fused-ring (bicyclic) bond motifs is 1. The summed E-state index contributed by atoms with van der Waals surface area (Å²) in [6, 6.07) is 4.57. The van der Waals surface area contributed by atoms with Crippen LogP contribution in [-0.4, -0.2) is 17.9 Å². The average Bonchev–Trinajstić information content (AvgIpc) is 2.90. The van der Waals surface area contributed by atoms with Crippen LogP contribution >= 0.6 is 11.3 Å². The van der Waals surface area contributed by atoms with E-state index in [0.717, 1.165) is 42.1 Å². The van der Waals surface area contributed by atoms with Crippen LogP contribution in [0.2, 0.25) is 0 Å². The summed E-state index contributed by atoms with van der Waals surface area (Å²) in [5, 5.41) is 0. The molecule has 2 heterocycles. The van der Waals surface area contributed by atoms with Crippen LogP contribution in [0.1, 0.15) is 16.9 Å². The van der Waals surface area contributed by atoms with Crippen molar-refractivity contribution >= 4 is 17.0 Å². The van der Waals surface area contributed by atoms with Gasteiger partial charge < -0.3 is 9.64 Å². The zero-order valence-corrected chi connectivity index (χ0v) is 11.9. The van der Waals surface area contributed by atoms with Crippen molar-refractivity contribution in [1.82, 2.24) is 4.98 Å². The van der Waals surface area contributed by atoms with Gasteiger partial charge in [0.25, 0.3) is 0 Å². The number of aryl methyl sites for hydroxylation is 1. The summed E-state index contributed by atoms with van der Waals surface area (Å²) in [4.78, 5) is 7.35. The van der Waals surface area contributed by atoms with E-state index in [1.54, 1.807) is 22.9 Å². The number of halogens is 3. The van der Waals surface area contributed by atoms with Crippen LogP contribution in [0.25, 0.3) is 0 Å². The first-order chi connectivity index (χ1) is 10.0. The van der Waals surface area contributed by atoms with Crippen LogP contribution in [0, 0.1) is 0 Å². The van der Waals surface area contributed by atoms with Crippen LogP contribution in [0.4, 0.5) is 18.9 Å². The maximum Gasteiger partial charge on any atom is 0.573 e. The number of benzene rings is 1. The number of hydrogen-bond acceptors (Lipinski definition) is 4. The Hall–Kier alpha value is -1.76. The molecule has 1 aromatic heterocycles. The first kappa shape index (κ1) is 14.2. The molecule has 3 nitrogen and oxygen atoms in total. The number of nitrogens with zero attached hydrogens (tertiary/aromatic N) is 2. The highest BCUT2D eigenvalue weighted by molar-refractivity contribution is 7.09. The molecule has 1 aromatic carbocycles. The lowest BCUT2D eigenvalue weighted by molar-refractivity contribution is -0.274. The molecule has 112 valence electrons. The van der Waals surface area contributed by atoms with Crippen molar-refractivity contribution in [3.05, 3.63) is 40.3 Å². The van der Waals surface area contributed by atoms with Gasteiger partial charge in [-0.1, -0.05) is 0 Å². The monoisotopic (exact) mass is 314 g/mol. The summed E-state index contributed by atoms with van der Waals surface area (Å²) in [7, 11) is 0. The lowest BCUT2D eigenvalue weighted by atomic mass is 10.0. The maximum atomic E-state index is 12.3. The van der Waals surface area contributed by atoms with E-state index in [0.29, 0.717) is 0 Å². The van der Waals surface area contributed by atoms with Gasteiger partial charge in [0.05, 0.1) is 12.1 Å². The predicted molar refractivity (Wildman–Crippen MR) is 74.6 cm³/mol.